The van der Waals surface area contributed by atoms with Crippen LogP contribution in [0.1, 0.15) is 31.7 Å². The number of likely N-dealkylation sites (N-methyl/N-ethyl adjacent to an activating group) is 1. The number of rotatable bonds is 6. The van der Waals surface area contributed by atoms with Gasteiger partial charge in [0.2, 0.25) is 0 Å². The Morgan fingerprint density at radius 3 is 2.60 bits per heavy atom. The molecule has 1 fully saturated rings. The lowest BCUT2D eigenvalue weighted by Crippen LogP contribution is -2.31. The van der Waals surface area contributed by atoms with E-state index >= 15 is 0 Å². The topological polar surface area (TPSA) is 12.0 Å². The van der Waals surface area contributed by atoms with E-state index in [2.05, 4.69) is 42.6 Å². The monoisotopic (exact) mass is 203 g/mol. The van der Waals surface area contributed by atoms with E-state index in [1.54, 1.807) is 0 Å². The van der Waals surface area contributed by atoms with Crippen molar-refractivity contribution in [1.29, 1.82) is 0 Å². The Morgan fingerprint density at radius 2 is 2.00 bits per heavy atom. The van der Waals surface area contributed by atoms with Crippen molar-refractivity contribution in [3.05, 3.63) is 35.9 Å². The molecule has 1 heteroatoms. The Balaban J connectivity index is 1.87. The minimum Gasteiger partial charge on any atom is -0.314 e. The zero-order chi connectivity index (χ0) is 10.5. The molecule has 1 aliphatic carbocycles. The lowest BCUT2D eigenvalue weighted by molar-refractivity contribution is 0.466. The van der Waals surface area contributed by atoms with E-state index in [-0.39, 0.29) is 0 Å². The zero-order valence-corrected chi connectivity index (χ0v) is 9.58. The summed E-state index contributed by atoms with van der Waals surface area (Å²) in [4.78, 5) is 0. The molecule has 0 saturated heterocycles. The second kappa shape index (κ2) is 5.32. The second-order valence-electron chi connectivity index (χ2n) is 4.62. The van der Waals surface area contributed by atoms with Crippen LogP contribution >= 0.6 is 0 Å². The van der Waals surface area contributed by atoms with Crippen LogP contribution in [0, 0.1) is 5.92 Å². The lowest BCUT2D eigenvalue weighted by atomic mass is 10.0. The first-order chi connectivity index (χ1) is 7.38. The van der Waals surface area contributed by atoms with Crippen molar-refractivity contribution >= 4 is 0 Å². The van der Waals surface area contributed by atoms with Crippen molar-refractivity contribution < 1.29 is 0 Å². The fourth-order valence-electron chi connectivity index (χ4n) is 2.18. The molecule has 0 amide bonds. The normalized spacial score (nSPS) is 17.7. The summed E-state index contributed by atoms with van der Waals surface area (Å²) in [5.41, 5.74) is 1.46. The summed E-state index contributed by atoms with van der Waals surface area (Å²) >= 11 is 0. The van der Waals surface area contributed by atoms with Crippen LogP contribution in [0.5, 0.6) is 0 Å². The third-order valence-electron chi connectivity index (χ3n) is 3.13. The van der Waals surface area contributed by atoms with Gasteiger partial charge < -0.3 is 5.32 Å². The fraction of sp³-hybridized carbons (Fsp3) is 0.571. The smallest absolute Gasteiger partial charge is 0.0110 e. The summed E-state index contributed by atoms with van der Waals surface area (Å²) in [6, 6.07) is 11.5. The first kappa shape index (κ1) is 10.7. The summed E-state index contributed by atoms with van der Waals surface area (Å²) in [6.45, 7) is 3.29. The van der Waals surface area contributed by atoms with Crippen LogP contribution in [0.2, 0.25) is 0 Å². The first-order valence-electron chi connectivity index (χ1n) is 6.15. The van der Waals surface area contributed by atoms with Crippen LogP contribution in [0.15, 0.2) is 30.3 Å². The Kier molecular flexibility index (Phi) is 3.79. The summed E-state index contributed by atoms with van der Waals surface area (Å²) in [5, 5.41) is 3.60. The van der Waals surface area contributed by atoms with Gasteiger partial charge in [0.1, 0.15) is 0 Å². The van der Waals surface area contributed by atoms with Gasteiger partial charge in [-0.25, -0.2) is 0 Å². The van der Waals surface area contributed by atoms with E-state index < -0.39 is 0 Å². The Hall–Kier alpha value is -0.820. The van der Waals surface area contributed by atoms with Crippen LogP contribution < -0.4 is 5.32 Å². The molecule has 1 aliphatic rings. The van der Waals surface area contributed by atoms with Gasteiger partial charge in [0.15, 0.2) is 0 Å². The highest BCUT2D eigenvalue weighted by Gasteiger charge is 2.24. The molecule has 1 aromatic carbocycles. The third-order valence-corrected chi connectivity index (χ3v) is 3.13. The molecule has 1 saturated carbocycles. The van der Waals surface area contributed by atoms with E-state index in [4.69, 9.17) is 0 Å². The summed E-state index contributed by atoms with van der Waals surface area (Å²) in [7, 11) is 0. The van der Waals surface area contributed by atoms with Crippen molar-refractivity contribution in [2.45, 2.75) is 38.6 Å². The van der Waals surface area contributed by atoms with Crippen molar-refractivity contribution in [2.24, 2.45) is 5.92 Å². The van der Waals surface area contributed by atoms with E-state index in [9.17, 15) is 0 Å². The molecule has 0 bridgehead atoms. The van der Waals surface area contributed by atoms with Gasteiger partial charge >= 0.3 is 0 Å². The molecular formula is C14H21N. The maximum atomic E-state index is 3.60. The van der Waals surface area contributed by atoms with Crippen LogP contribution in [0.3, 0.4) is 0 Å². The largest absolute Gasteiger partial charge is 0.314 e. The predicted molar refractivity (Wildman–Crippen MR) is 65.0 cm³/mol. The average Bonchev–Trinajstić information content (AvgIpc) is 3.03. The van der Waals surface area contributed by atoms with Gasteiger partial charge in [-0.2, -0.15) is 0 Å². The van der Waals surface area contributed by atoms with Crippen molar-refractivity contribution in [1.82, 2.24) is 5.32 Å². The zero-order valence-electron chi connectivity index (χ0n) is 9.58. The van der Waals surface area contributed by atoms with Crippen LogP contribution in [-0.2, 0) is 6.42 Å². The second-order valence-corrected chi connectivity index (χ2v) is 4.62. The lowest BCUT2D eigenvalue weighted by Gasteiger charge is -2.17. The van der Waals surface area contributed by atoms with E-state index in [0.29, 0.717) is 6.04 Å². The molecule has 1 nitrogen and oxygen atoms in total. The third kappa shape index (κ3) is 3.67. The van der Waals surface area contributed by atoms with Gasteiger partial charge in [-0.15, -0.1) is 0 Å². The molecule has 0 radical (unpaired) electrons. The molecular weight excluding hydrogens is 182 g/mol. The number of hydrogen-bond donors (Lipinski definition) is 1. The molecule has 82 valence electrons. The maximum absolute atomic E-state index is 3.60. The molecule has 1 atom stereocenters. The SMILES string of the molecule is CCNC(Cc1ccccc1)CC1CC1. The molecule has 0 heterocycles. The fourth-order valence-corrected chi connectivity index (χ4v) is 2.18. The summed E-state index contributed by atoms with van der Waals surface area (Å²) in [6.07, 6.45) is 5.46. The Labute approximate surface area is 92.9 Å². The van der Waals surface area contributed by atoms with Crippen molar-refractivity contribution in [3.63, 3.8) is 0 Å². The van der Waals surface area contributed by atoms with Gasteiger partial charge in [-0.1, -0.05) is 50.1 Å². The van der Waals surface area contributed by atoms with Gasteiger partial charge in [-0.05, 0) is 30.9 Å². The number of nitrogens with one attached hydrogen (secondary N) is 1. The highest BCUT2D eigenvalue weighted by atomic mass is 14.9. The van der Waals surface area contributed by atoms with Crippen molar-refractivity contribution in [2.75, 3.05) is 6.54 Å². The van der Waals surface area contributed by atoms with Crippen molar-refractivity contribution in [3.8, 4) is 0 Å². The van der Waals surface area contributed by atoms with Crippen LogP contribution in [0.4, 0.5) is 0 Å². The number of benzene rings is 1. The van der Waals surface area contributed by atoms with Gasteiger partial charge in [0.05, 0.1) is 0 Å². The van der Waals surface area contributed by atoms with E-state index in [1.807, 2.05) is 0 Å². The minimum absolute atomic E-state index is 0.685. The Bertz CT molecular complexity index is 277. The molecule has 0 spiro atoms. The molecule has 1 unspecified atom stereocenters. The first-order valence-corrected chi connectivity index (χ1v) is 6.15. The maximum Gasteiger partial charge on any atom is 0.0110 e. The molecule has 2 rings (SSSR count). The quantitative estimate of drug-likeness (QED) is 0.749. The summed E-state index contributed by atoms with van der Waals surface area (Å²) < 4.78 is 0. The molecule has 15 heavy (non-hydrogen) atoms. The van der Waals surface area contributed by atoms with E-state index in [0.717, 1.165) is 12.5 Å². The highest BCUT2D eigenvalue weighted by molar-refractivity contribution is 5.16. The molecule has 1 N–H and O–H groups in total. The Morgan fingerprint density at radius 1 is 1.27 bits per heavy atom. The highest BCUT2D eigenvalue weighted by Crippen LogP contribution is 2.34. The average molecular weight is 203 g/mol. The van der Waals surface area contributed by atoms with Gasteiger partial charge in [0, 0.05) is 6.04 Å². The van der Waals surface area contributed by atoms with Gasteiger partial charge in [0.25, 0.3) is 0 Å². The standard InChI is InChI=1S/C14H21N/c1-2-15-14(11-13-8-9-13)10-12-6-4-3-5-7-12/h3-7,13-15H,2,8-11H2,1H3. The van der Waals surface area contributed by atoms with Crippen LogP contribution in [0.25, 0.3) is 0 Å². The molecule has 1 aromatic rings. The molecule has 0 aliphatic heterocycles. The van der Waals surface area contributed by atoms with Crippen LogP contribution in [-0.4, -0.2) is 12.6 Å². The van der Waals surface area contributed by atoms with Gasteiger partial charge in [-0.3, -0.25) is 0 Å². The predicted octanol–water partition coefficient (Wildman–Crippen LogP) is 3.01. The number of hydrogen-bond acceptors (Lipinski definition) is 1. The summed E-state index contributed by atoms with van der Waals surface area (Å²) in [5.74, 6) is 1.01. The van der Waals surface area contributed by atoms with E-state index in [1.165, 1.54) is 31.2 Å². The molecule has 0 aromatic heterocycles. The minimum atomic E-state index is 0.685.